The smallest absolute Gasteiger partial charge is 0.282 e. The number of nitrogens with zero attached hydrogens (tertiary/aromatic N) is 4. The molecule has 7 nitrogen and oxygen atoms in total. The molecule has 0 aromatic carbocycles. The summed E-state index contributed by atoms with van der Waals surface area (Å²) in [5.74, 6) is 0.0807. The lowest BCUT2D eigenvalue weighted by Crippen LogP contribution is -2.47. The highest BCUT2D eigenvalue weighted by molar-refractivity contribution is 7.86. The summed E-state index contributed by atoms with van der Waals surface area (Å²) in [7, 11) is -3.43. The molecule has 0 spiro atoms. The summed E-state index contributed by atoms with van der Waals surface area (Å²) in [6.07, 6.45) is 7.99. The second kappa shape index (κ2) is 9.64. The molecular formula is C21H30N4O3S2. The zero-order valence-electron chi connectivity index (χ0n) is 17.2. The predicted molar refractivity (Wildman–Crippen MR) is 119 cm³/mol. The van der Waals surface area contributed by atoms with Gasteiger partial charge < -0.3 is 9.47 Å². The Hall–Kier alpha value is -1.68. The summed E-state index contributed by atoms with van der Waals surface area (Å²) >= 11 is 1.63. The van der Waals surface area contributed by atoms with Gasteiger partial charge in [-0.25, -0.2) is 0 Å². The van der Waals surface area contributed by atoms with Crippen molar-refractivity contribution >= 4 is 27.5 Å². The van der Waals surface area contributed by atoms with Crippen molar-refractivity contribution in [2.75, 3.05) is 39.3 Å². The summed E-state index contributed by atoms with van der Waals surface area (Å²) in [5.41, 5.74) is 1.13. The van der Waals surface area contributed by atoms with Crippen LogP contribution < -0.4 is 0 Å². The number of aromatic nitrogens is 1. The molecule has 2 aromatic heterocycles. The number of hydrogen-bond acceptors (Lipinski definition) is 4. The number of hydrogen-bond donors (Lipinski definition) is 0. The van der Waals surface area contributed by atoms with Crippen LogP contribution >= 0.6 is 11.3 Å². The van der Waals surface area contributed by atoms with Crippen LogP contribution in [0.25, 0.3) is 0 Å². The molecule has 2 fully saturated rings. The Morgan fingerprint density at radius 1 is 0.933 bits per heavy atom. The average Bonchev–Trinajstić information content (AvgIpc) is 3.43. The van der Waals surface area contributed by atoms with Gasteiger partial charge in [0.25, 0.3) is 10.2 Å². The van der Waals surface area contributed by atoms with Crippen molar-refractivity contribution in [3.05, 3.63) is 46.9 Å². The predicted octanol–water partition coefficient (Wildman–Crippen LogP) is 2.79. The third-order valence-electron chi connectivity index (χ3n) is 6.06. The van der Waals surface area contributed by atoms with E-state index in [1.165, 1.54) is 0 Å². The Labute approximate surface area is 183 Å². The minimum Gasteiger partial charge on any atom is -0.346 e. The van der Waals surface area contributed by atoms with Gasteiger partial charge in [-0.15, -0.1) is 0 Å². The lowest BCUT2D eigenvalue weighted by atomic mass is 10.1. The normalized spacial score (nSPS) is 20.7. The third kappa shape index (κ3) is 4.80. The van der Waals surface area contributed by atoms with E-state index in [0.717, 1.165) is 24.8 Å². The maximum Gasteiger partial charge on any atom is 0.282 e. The van der Waals surface area contributed by atoms with Crippen LogP contribution in [-0.2, 0) is 15.0 Å². The van der Waals surface area contributed by atoms with Crippen LogP contribution in [0.15, 0.2) is 41.4 Å². The fourth-order valence-corrected chi connectivity index (χ4v) is 6.77. The van der Waals surface area contributed by atoms with E-state index in [9.17, 15) is 13.2 Å². The van der Waals surface area contributed by atoms with E-state index in [2.05, 4.69) is 16.0 Å². The second-order valence-corrected chi connectivity index (χ2v) is 10.7. The maximum atomic E-state index is 13.1. The van der Waals surface area contributed by atoms with Gasteiger partial charge in [-0.1, -0.05) is 6.42 Å². The van der Waals surface area contributed by atoms with Gasteiger partial charge in [0.15, 0.2) is 0 Å². The monoisotopic (exact) mass is 450 g/mol. The van der Waals surface area contributed by atoms with Gasteiger partial charge in [0, 0.05) is 51.7 Å². The van der Waals surface area contributed by atoms with Crippen LogP contribution in [-0.4, -0.2) is 71.7 Å². The first kappa shape index (κ1) is 21.5. The van der Waals surface area contributed by atoms with Crippen molar-refractivity contribution in [1.82, 2.24) is 18.1 Å². The number of carbonyl (C=O) groups is 1. The molecule has 4 rings (SSSR count). The van der Waals surface area contributed by atoms with Gasteiger partial charge in [0.1, 0.15) is 0 Å². The Kier molecular flexibility index (Phi) is 6.92. The zero-order valence-corrected chi connectivity index (χ0v) is 18.9. The van der Waals surface area contributed by atoms with Crippen molar-refractivity contribution in [3.63, 3.8) is 0 Å². The Morgan fingerprint density at radius 2 is 1.63 bits per heavy atom. The molecular weight excluding hydrogens is 420 g/mol. The van der Waals surface area contributed by atoms with E-state index in [-0.39, 0.29) is 11.9 Å². The van der Waals surface area contributed by atoms with Crippen molar-refractivity contribution < 1.29 is 13.2 Å². The van der Waals surface area contributed by atoms with Gasteiger partial charge in [-0.2, -0.15) is 28.4 Å². The van der Waals surface area contributed by atoms with Crippen LogP contribution in [0.1, 0.15) is 43.7 Å². The average molecular weight is 451 g/mol. The highest BCUT2D eigenvalue weighted by Crippen LogP contribution is 2.26. The molecule has 0 unspecified atom stereocenters. The highest BCUT2D eigenvalue weighted by atomic mass is 32.2. The van der Waals surface area contributed by atoms with Crippen molar-refractivity contribution in [3.8, 4) is 0 Å². The molecule has 30 heavy (non-hydrogen) atoms. The molecule has 0 N–H and O–H groups in total. The summed E-state index contributed by atoms with van der Waals surface area (Å²) in [5, 5.41) is 4.12. The maximum absolute atomic E-state index is 13.1. The first-order valence-electron chi connectivity index (χ1n) is 10.7. The van der Waals surface area contributed by atoms with E-state index in [1.807, 2.05) is 34.8 Å². The van der Waals surface area contributed by atoms with E-state index in [1.54, 1.807) is 19.9 Å². The molecule has 164 valence electrons. The van der Waals surface area contributed by atoms with Crippen molar-refractivity contribution in [2.24, 2.45) is 0 Å². The summed E-state index contributed by atoms with van der Waals surface area (Å²) in [6.45, 7) is 3.13. The molecule has 1 atom stereocenters. The molecule has 1 amide bonds. The molecule has 4 heterocycles. The van der Waals surface area contributed by atoms with E-state index >= 15 is 0 Å². The molecule has 2 aliphatic heterocycles. The van der Waals surface area contributed by atoms with E-state index < -0.39 is 10.2 Å². The Morgan fingerprint density at radius 3 is 2.33 bits per heavy atom. The number of rotatable bonds is 6. The number of carbonyl (C=O) groups excluding carboxylic acids is 1. The minimum atomic E-state index is -3.43. The number of thiophene rings is 1. The summed E-state index contributed by atoms with van der Waals surface area (Å²) < 4.78 is 31.3. The standard InChI is InChI=1S/C21H30N4O3S2/c26-21(17-20(19-7-16-29-18-19)22-8-4-5-9-22)23-10-6-13-25(15-14-23)30(27,28)24-11-2-1-3-12-24/h4-5,7-9,16,18,20H,1-3,6,10-15,17H2/t20-/m0/s1. The third-order valence-corrected chi connectivity index (χ3v) is 8.80. The fraction of sp³-hybridized carbons (Fsp3) is 0.571. The zero-order chi connectivity index (χ0) is 21.0. The van der Waals surface area contributed by atoms with Crippen LogP contribution in [0, 0.1) is 0 Å². The minimum absolute atomic E-state index is 0.0322. The fourth-order valence-electron chi connectivity index (χ4n) is 4.34. The van der Waals surface area contributed by atoms with Crippen LogP contribution in [0.2, 0.25) is 0 Å². The molecule has 0 aliphatic carbocycles. The van der Waals surface area contributed by atoms with Gasteiger partial charge >= 0.3 is 0 Å². The van der Waals surface area contributed by atoms with Crippen LogP contribution in [0.3, 0.4) is 0 Å². The van der Waals surface area contributed by atoms with Gasteiger partial charge in [-0.05, 0) is 53.8 Å². The molecule has 9 heteroatoms. The lowest BCUT2D eigenvalue weighted by Gasteiger charge is -2.31. The molecule has 2 aromatic rings. The molecule has 2 aliphatic rings. The van der Waals surface area contributed by atoms with E-state index in [4.69, 9.17) is 0 Å². The van der Waals surface area contributed by atoms with Gasteiger partial charge in [0.2, 0.25) is 5.91 Å². The van der Waals surface area contributed by atoms with Gasteiger partial charge in [0.05, 0.1) is 12.5 Å². The number of amides is 1. The molecule has 2 saturated heterocycles. The second-order valence-electron chi connectivity index (χ2n) is 8.01. The molecule has 0 radical (unpaired) electrons. The first-order chi connectivity index (χ1) is 14.6. The van der Waals surface area contributed by atoms with Crippen LogP contribution in [0.4, 0.5) is 0 Å². The topological polar surface area (TPSA) is 65.9 Å². The SMILES string of the molecule is O=C(C[C@@H](c1ccsc1)n1cccc1)N1CCCN(S(=O)(=O)N2CCCCC2)CC1. The van der Waals surface area contributed by atoms with E-state index in [0.29, 0.717) is 52.1 Å². The van der Waals surface area contributed by atoms with Crippen molar-refractivity contribution in [1.29, 1.82) is 0 Å². The van der Waals surface area contributed by atoms with Crippen molar-refractivity contribution in [2.45, 2.75) is 38.1 Å². The Balaban J connectivity index is 1.40. The quantitative estimate of drug-likeness (QED) is 0.680. The summed E-state index contributed by atoms with van der Waals surface area (Å²) in [6, 6.07) is 5.98. The number of piperidine rings is 1. The Bertz CT molecular complexity index is 872. The van der Waals surface area contributed by atoms with Crippen LogP contribution in [0.5, 0.6) is 0 Å². The van der Waals surface area contributed by atoms with Gasteiger partial charge in [-0.3, -0.25) is 4.79 Å². The largest absolute Gasteiger partial charge is 0.346 e. The molecule has 0 bridgehead atoms. The molecule has 0 saturated carbocycles. The highest BCUT2D eigenvalue weighted by Gasteiger charge is 2.33. The first-order valence-corrected chi connectivity index (χ1v) is 13.1. The summed E-state index contributed by atoms with van der Waals surface area (Å²) in [4.78, 5) is 15.0. The lowest BCUT2D eigenvalue weighted by molar-refractivity contribution is -0.131.